The van der Waals surface area contributed by atoms with E-state index in [9.17, 15) is 9.18 Å². The highest BCUT2D eigenvalue weighted by atomic mass is 35.5. The average Bonchev–Trinajstić information content (AvgIpc) is 2.68. The minimum atomic E-state index is -0.690. The molecule has 1 amide bonds. The molecule has 0 bridgehead atoms. The minimum absolute atomic E-state index is 0.236. The van der Waals surface area contributed by atoms with Crippen LogP contribution in [0.15, 0.2) is 42.5 Å². The number of morpholine rings is 1. The van der Waals surface area contributed by atoms with E-state index < -0.39 is 6.04 Å². The van der Waals surface area contributed by atoms with Crippen molar-refractivity contribution < 1.29 is 13.9 Å². The second-order valence-corrected chi connectivity index (χ2v) is 7.11. The van der Waals surface area contributed by atoms with Gasteiger partial charge >= 0.3 is 0 Å². The van der Waals surface area contributed by atoms with E-state index in [-0.39, 0.29) is 11.7 Å². The second-order valence-electron chi connectivity index (χ2n) is 6.33. The van der Waals surface area contributed by atoms with Crippen molar-refractivity contribution in [3.05, 3.63) is 69.5 Å². The van der Waals surface area contributed by atoms with Gasteiger partial charge in [-0.15, -0.1) is 0 Å². The van der Waals surface area contributed by atoms with Crippen LogP contribution in [0.25, 0.3) is 0 Å². The Kier molecular flexibility index (Phi) is 7.07. The van der Waals surface area contributed by atoms with Gasteiger partial charge in [-0.05, 0) is 24.1 Å². The molecule has 0 aromatic heterocycles. The van der Waals surface area contributed by atoms with Gasteiger partial charge in [-0.3, -0.25) is 9.69 Å². The molecular formula is C20H21Cl2FN2O2. The zero-order valence-corrected chi connectivity index (χ0v) is 16.3. The zero-order valence-electron chi connectivity index (χ0n) is 14.8. The van der Waals surface area contributed by atoms with E-state index in [1.54, 1.807) is 24.3 Å². The standard InChI is InChI=1S/C20H21Cl2FN2O2/c21-16-6-3-4-14(18(16)22)8-9-24-20(26)19(25-10-12-27-13-11-25)15-5-1-2-7-17(15)23/h1-7,19H,8-13H2,(H,24,26)/t19-/m1/s1. The van der Waals surface area contributed by atoms with E-state index in [4.69, 9.17) is 27.9 Å². The molecule has 1 saturated heterocycles. The van der Waals surface area contributed by atoms with E-state index in [1.165, 1.54) is 6.07 Å². The number of nitrogens with zero attached hydrogens (tertiary/aromatic N) is 1. The number of ether oxygens (including phenoxy) is 1. The molecule has 27 heavy (non-hydrogen) atoms. The third-order valence-electron chi connectivity index (χ3n) is 4.58. The summed E-state index contributed by atoms with van der Waals surface area (Å²) in [7, 11) is 0. The average molecular weight is 411 g/mol. The van der Waals surface area contributed by atoms with E-state index in [0.29, 0.717) is 54.9 Å². The molecule has 1 atom stereocenters. The Balaban J connectivity index is 1.71. The van der Waals surface area contributed by atoms with Gasteiger partial charge in [0.25, 0.3) is 0 Å². The summed E-state index contributed by atoms with van der Waals surface area (Å²) < 4.78 is 19.7. The highest BCUT2D eigenvalue weighted by Gasteiger charge is 2.30. The molecule has 2 aromatic rings. The molecule has 0 radical (unpaired) electrons. The molecule has 1 heterocycles. The molecule has 2 aromatic carbocycles. The fourth-order valence-electron chi connectivity index (χ4n) is 3.19. The Bertz CT molecular complexity index is 797. The summed E-state index contributed by atoms with van der Waals surface area (Å²) in [5.41, 5.74) is 1.23. The van der Waals surface area contributed by atoms with Crippen molar-refractivity contribution in [3.63, 3.8) is 0 Å². The molecule has 0 aliphatic carbocycles. The Morgan fingerprint density at radius 1 is 1.15 bits per heavy atom. The van der Waals surface area contributed by atoms with Crippen LogP contribution in [0.5, 0.6) is 0 Å². The summed E-state index contributed by atoms with van der Waals surface area (Å²) in [6.07, 6.45) is 0.540. The van der Waals surface area contributed by atoms with E-state index in [2.05, 4.69) is 5.32 Å². The lowest BCUT2D eigenvalue weighted by atomic mass is 10.0. The fourth-order valence-corrected chi connectivity index (χ4v) is 3.61. The van der Waals surface area contributed by atoms with Crippen LogP contribution in [-0.4, -0.2) is 43.7 Å². The monoisotopic (exact) mass is 410 g/mol. The van der Waals surface area contributed by atoms with Gasteiger partial charge in [-0.1, -0.05) is 53.5 Å². The molecule has 7 heteroatoms. The highest BCUT2D eigenvalue weighted by Crippen LogP contribution is 2.26. The van der Waals surface area contributed by atoms with Crippen LogP contribution in [0.3, 0.4) is 0 Å². The lowest BCUT2D eigenvalue weighted by Gasteiger charge is -2.34. The largest absolute Gasteiger partial charge is 0.379 e. The van der Waals surface area contributed by atoms with E-state index in [0.717, 1.165) is 5.56 Å². The first-order valence-corrected chi connectivity index (χ1v) is 9.60. The Morgan fingerprint density at radius 2 is 1.89 bits per heavy atom. The molecule has 1 N–H and O–H groups in total. The van der Waals surface area contributed by atoms with Crippen molar-refractivity contribution in [2.45, 2.75) is 12.5 Å². The maximum Gasteiger partial charge on any atom is 0.242 e. The van der Waals surface area contributed by atoms with Gasteiger partial charge in [0.2, 0.25) is 5.91 Å². The van der Waals surface area contributed by atoms with Crippen molar-refractivity contribution in [1.82, 2.24) is 10.2 Å². The molecule has 0 unspecified atom stereocenters. The summed E-state index contributed by atoms with van der Waals surface area (Å²) in [5.74, 6) is -0.623. The van der Waals surface area contributed by atoms with Crippen LogP contribution in [0, 0.1) is 5.82 Å². The zero-order chi connectivity index (χ0) is 19.2. The number of benzene rings is 2. The smallest absolute Gasteiger partial charge is 0.242 e. The third-order valence-corrected chi connectivity index (χ3v) is 5.44. The van der Waals surface area contributed by atoms with Gasteiger partial charge in [-0.25, -0.2) is 4.39 Å². The summed E-state index contributed by atoms with van der Waals surface area (Å²) in [6, 6.07) is 11.1. The Morgan fingerprint density at radius 3 is 2.63 bits per heavy atom. The molecule has 144 valence electrons. The van der Waals surface area contributed by atoms with Gasteiger partial charge in [0.15, 0.2) is 0 Å². The van der Waals surface area contributed by atoms with Gasteiger partial charge < -0.3 is 10.1 Å². The topological polar surface area (TPSA) is 41.6 Å². The summed E-state index contributed by atoms with van der Waals surface area (Å²) in [6.45, 7) is 2.58. The SMILES string of the molecule is O=C(NCCc1cccc(Cl)c1Cl)[C@@H](c1ccccc1F)N1CCOCC1. The first-order valence-electron chi connectivity index (χ1n) is 8.84. The molecule has 4 nitrogen and oxygen atoms in total. The highest BCUT2D eigenvalue weighted by molar-refractivity contribution is 6.42. The number of amides is 1. The number of hydrogen-bond donors (Lipinski definition) is 1. The quantitative estimate of drug-likeness (QED) is 0.785. The van der Waals surface area contributed by atoms with Gasteiger partial charge in [0, 0.05) is 25.2 Å². The second kappa shape index (κ2) is 9.51. The maximum absolute atomic E-state index is 14.4. The number of halogens is 3. The third kappa shape index (κ3) is 4.99. The van der Waals surface area contributed by atoms with Crippen LogP contribution in [0.2, 0.25) is 10.0 Å². The summed E-state index contributed by atoms with van der Waals surface area (Å²) in [5, 5.41) is 3.89. The number of carbonyl (C=O) groups is 1. The lowest BCUT2D eigenvalue weighted by Crippen LogP contribution is -2.46. The first-order chi connectivity index (χ1) is 13.1. The van der Waals surface area contributed by atoms with Crippen LogP contribution in [-0.2, 0) is 16.0 Å². The van der Waals surface area contributed by atoms with Crippen LogP contribution < -0.4 is 5.32 Å². The molecule has 0 spiro atoms. The molecule has 0 saturated carbocycles. The van der Waals surface area contributed by atoms with E-state index in [1.807, 2.05) is 17.0 Å². The molecule has 1 aliphatic rings. The fraction of sp³-hybridized carbons (Fsp3) is 0.350. The van der Waals surface area contributed by atoms with Crippen LogP contribution >= 0.6 is 23.2 Å². The normalized spacial score (nSPS) is 16.1. The molecule has 3 rings (SSSR count). The first kappa shape index (κ1) is 20.1. The van der Waals surface area contributed by atoms with Crippen LogP contribution in [0.4, 0.5) is 4.39 Å². The van der Waals surface area contributed by atoms with Crippen molar-refractivity contribution in [1.29, 1.82) is 0 Å². The number of hydrogen-bond acceptors (Lipinski definition) is 3. The molecule has 1 fully saturated rings. The number of carbonyl (C=O) groups excluding carboxylic acids is 1. The van der Waals surface area contributed by atoms with Gasteiger partial charge in [0.1, 0.15) is 11.9 Å². The maximum atomic E-state index is 14.4. The van der Waals surface area contributed by atoms with Gasteiger partial charge in [-0.2, -0.15) is 0 Å². The predicted octanol–water partition coefficient (Wildman–Crippen LogP) is 3.86. The Hall–Kier alpha value is -1.66. The summed E-state index contributed by atoms with van der Waals surface area (Å²) in [4.78, 5) is 14.9. The van der Waals surface area contributed by atoms with Crippen molar-refractivity contribution in [2.75, 3.05) is 32.8 Å². The Labute approximate surface area is 168 Å². The van der Waals surface area contributed by atoms with Crippen molar-refractivity contribution >= 4 is 29.1 Å². The van der Waals surface area contributed by atoms with Gasteiger partial charge in [0.05, 0.1) is 23.3 Å². The minimum Gasteiger partial charge on any atom is -0.379 e. The van der Waals surface area contributed by atoms with Crippen molar-refractivity contribution in [3.8, 4) is 0 Å². The predicted molar refractivity (Wildman–Crippen MR) is 105 cm³/mol. The number of nitrogens with one attached hydrogen (secondary N) is 1. The van der Waals surface area contributed by atoms with Crippen LogP contribution in [0.1, 0.15) is 17.2 Å². The van der Waals surface area contributed by atoms with Crippen molar-refractivity contribution in [2.24, 2.45) is 0 Å². The summed E-state index contributed by atoms with van der Waals surface area (Å²) >= 11 is 12.2. The lowest BCUT2D eigenvalue weighted by molar-refractivity contribution is -0.128. The molecule has 1 aliphatic heterocycles. The van der Waals surface area contributed by atoms with E-state index >= 15 is 0 Å². The molecular weight excluding hydrogens is 390 g/mol. The number of rotatable bonds is 6.